The first kappa shape index (κ1) is 14.7. The Balaban J connectivity index is 1.69. The van der Waals surface area contributed by atoms with Gasteiger partial charge in [0.15, 0.2) is 0 Å². The van der Waals surface area contributed by atoms with Gasteiger partial charge in [0.05, 0.1) is 16.7 Å². The molecule has 0 bridgehead atoms. The summed E-state index contributed by atoms with van der Waals surface area (Å²) in [5, 5.41) is 0. The summed E-state index contributed by atoms with van der Waals surface area (Å²) in [5.74, 6) is 2.66. The number of hydrogen-bond acceptors (Lipinski definition) is 3. The highest BCUT2D eigenvalue weighted by molar-refractivity contribution is 9.10. The SMILES string of the molecule is Fc1ccc(Br)c(OC2CCOC3(CCSCC3)C2)c1. The van der Waals surface area contributed by atoms with Crippen LogP contribution in [0.2, 0.25) is 0 Å². The molecule has 1 unspecified atom stereocenters. The first-order valence-electron chi connectivity index (χ1n) is 7.00. The molecule has 1 aromatic carbocycles. The molecule has 3 rings (SSSR count). The van der Waals surface area contributed by atoms with Crippen LogP contribution in [0.3, 0.4) is 0 Å². The highest BCUT2D eigenvalue weighted by atomic mass is 79.9. The van der Waals surface area contributed by atoms with Gasteiger partial charge in [-0.1, -0.05) is 0 Å². The van der Waals surface area contributed by atoms with Crippen LogP contribution in [0.1, 0.15) is 25.7 Å². The smallest absolute Gasteiger partial charge is 0.136 e. The van der Waals surface area contributed by atoms with Crippen LogP contribution in [0.15, 0.2) is 22.7 Å². The fraction of sp³-hybridized carbons (Fsp3) is 0.600. The van der Waals surface area contributed by atoms with E-state index in [2.05, 4.69) is 15.9 Å². The highest BCUT2D eigenvalue weighted by Crippen LogP contribution is 2.39. The van der Waals surface area contributed by atoms with Gasteiger partial charge in [-0.05, 0) is 52.4 Å². The van der Waals surface area contributed by atoms with Crippen LogP contribution in [0.25, 0.3) is 0 Å². The van der Waals surface area contributed by atoms with Crippen LogP contribution in [-0.2, 0) is 4.74 Å². The van der Waals surface area contributed by atoms with E-state index in [1.165, 1.54) is 12.1 Å². The molecule has 5 heteroatoms. The minimum absolute atomic E-state index is 0.00598. The van der Waals surface area contributed by atoms with Crippen molar-refractivity contribution >= 4 is 27.7 Å². The standard InChI is InChI=1S/C15H18BrFO2S/c16-13-2-1-11(17)9-14(13)19-12-3-6-18-15(10-12)4-7-20-8-5-15/h1-2,9,12H,3-8,10H2. The summed E-state index contributed by atoms with van der Waals surface area (Å²) in [5.41, 5.74) is -0.00598. The molecule has 0 aliphatic carbocycles. The molecule has 1 aromatic rings. The molecule has 1 atom stereocenters. The largest absolute Gasteiger partial charge is 0.489 e. The van der Waals surface area contributed by atoms with E-state index in [-0.39, 0.29) is 17.5 Å². The van der Waals surface area contributed by atoms with Crippen molar-refractivity contribution in [1.82, 2.24) is 0 Å². The molecular formula is C15H18BrFO2S. The van der Waals surface area contributed by atoms with Gasteiger partial charge in [0.1, 0.15) is 17.7 Å². The molecule has 2 aliphatic heterocycles. The van der Waals surface area contributed by atoms with E-state index in [9.17, 15) is 4.39 Å². The Bertz CT molecular complexity index is 471. The molecule has 0 radical (unpaired) electrons. The minimum atomic E-state index is -0.265. The molecule has 2 heterocycles. The predicted molar refractivity (Wildman–Crippen MR) is 83.0 cm³/mol. The van der Waals surface area contributed by atoms with Crippen molar-refractivity contribution in [1.29, 1.82) is 0 Å². The fourth-order valence-electron chi connectivity index (χ4n) is 2.92. The third kappa shape index (κ3) is 3.31. The first-order chi connectivity index (χ1) is 9.67. The van der Waals surface area contributed by atoms with E-state index in [1.54, 1.807) is 6.07 Å². The zero-order valence-electron chi connectivity index (χ0n) is 11.2. The van der Waals surface area contributed by atoms with Crippen LogP contribution in [-0.4, -0.2) is 29.8 Å². The number of hydrogen-bond donors (Lipinski definition) is 0. The second-order valence-corrected chi connectivity index (χ2v) is 7.53. The van der Waals surface area contributed by atoms with Crippen molar-refractivity contribution in [3.05, 3.63) is 28.5 Å². The summed E-state index contributed by atoms with van der Waals surface area (Å²) in [6.45, 7) is 0.738. The Hall–Kier alpha value is -0.260. The second-order valence-electron chi connectivity index (χ2n) is 5.45. The third-order valence-electron chi connectivity index (χ3n) is 4.04. The maximum atomic E-state index is 13.3. The number of halogens is 2. The van der Waals surface area contributed by atoms with Gasteiger partial charge in [-0.25, -0.2) is 4.39 Å². The van der Waals surface area contributed by atoms with Crippen molar-refractivity contribution in [2.75, 3.05) is 18.1 Å². The van der Waals surface area contributed by atoms with Gasteiger partial charge >= 0.3 is 0 Å². The maximum Gasteiger partial charge on any atom is 0.136 e. The Morgan fingerprint density at radius 2 is 2.15 bits per heavy atom. The van der Waals surface area contributed by atoms with Crippen molar-refractivity contribution in [3.63, 3.8) is 0 Å². The number of benzene rings is 1. The second kappa shape index (κ2) is 6.24. The zero-order chi connectivity index (χ0) is 14.0. The van der Waals surface area contributed by atoms with Gasteiger partial charge in [0.2, 0.25) is 0 Å². The van der Waals surface area contributed by atoms with Gasteiger partial charge in [0.25, 0.3) is 0 Å². The van der Waals surface area contributed by atoms with Crippen molar-refractivity contribution in [3.8, 4) is 5.75 Å². The molecular weight excluding hydrogens is 343 g/mol. The van der Waals surface area contributed by atoms with Crippen molar-refractivity contribution in [2.24, 2.45) is 0 Å². The normalized spacial score (nSPS) is 25.6. The molecule has 1 spiro atoms. The van der Waals surface area contributed by atoms with Crippen LogP contribution in [0, 0.1) is 5.82 Å². The molecule has 2 saturated heterocycles. The van der Waals surface area contributed by atoms with E-state index in [4.69, 9.17) is 9.47 Å². The average molecular weight is 361 g/mol. The van der Waals surface area contributed by atoms with Gasteiger partial charge in [-0.2, -0.15) is 11.8 Å². The van der Waals surface area contributed by atoms with E-state index in [1.807, 2.05) is 11.8 Å². The van der Waals surface area contributed by atoms with Crippen LogP contribution >= 0.6 is 27.7 Å². The molecule has 20 heavy (non-hydrogen) atoms. The summed E-state index contributed by atoms with van der Waals surface area (Å²) in [7, 11) is 0. The average Bonchev–Trinajstić information content (AvgIpc) is 2.44. The minimum Gasteiger partial charge on any atom is -0.489 e. The van der Waals surface area contributed by atoms with E-state index in [0.29, 0.717) is 5.75 Å². The zero-order valence-corrected chi connectivity index (χ0v) is 13.6. The molecule has 0 N–H and O–H groups in total. The lowest BCUT2D eigenvalue weighted by Crippen LogP contribution is -2.46. The molecule has 0 amide bonds. The Morgan fingerprint density at radius 1 is 1.35 bits per heavy atom. The van der Waals surface area contributed by atoms with Crippen LogP contribution < -0.4 is 4.74 Å². The molecule has 110 valence electrons. The third-order valence-corrected chi connectivity index (χ3v) is 5.68. The molecule has 2 nitrogen and oxygen atoms in total. The number of ether oxygens (including phenoxy) is 2. The van der Waals surface area contributed by atoms with Crippen LogP contribution in [0.4, 0.5) is 4.39 Å². The lowest BCUT2D eigenvalue weighted by atomic mass is 9.86. The monoisotopic (exact) mass is 360 g/mol. The van der Waals surface area contributed by atoms with Gasteiger partial charge in [-0.15, -0.1) is 0 Å². The Labute approximate surface area is 131 Å². The predicted octanol–water partition coefficient (Wildman–Crippen LogP) is 4.41. The Kier molecular flexibility index (Phi) is 4.58. The van der Waals surface area contributed by atoms with E-state index < -0.39 is 0 Å². The summed E-state index contributed by atoms with van der Waals surface area (Å²) in [6, 6.07) is 4.57. The number of thioether (sulfide) groups is 1. The van der Waals surface area contributed by atoms with Gasteiger partial charge < -0.3 is 9.47 Å². The quantitative estimate of drug-likeness (QED) is 0.777. The lowest BCUT2D eigenvalue weighted by Gasteiger charge is -2.43. The molecule has 2 fully saturated rings. The van der Waals surface area contributed by atoms with Crippen molar-refractivity contribution < 1.29 is 13.9 Å². The van der Waals surface area contributed by atoms with E-state index >= 15 is 0 Å². The highest BCUT2D eigenvalue weighted by Gasteiger charge is 2.39. The fourth-order valence-corrected chi connectivity index (χ4v) is 4.50. The lowest BCUT2D eigenvalue weighted by molar-refractivity contribution is -0.116. The van der Waals surface area contributed by atoms with Crippen molar-refractivity contribution in [2.45, 2.75) is 37.4 Å². The summed E-state index contributed by atoms with van der Waals surface area (Å²) < 4.78 is 26.2. The van der Waals surface area contributed by atoms with Gasteiger partial charge in [-0.3, -0.25) is 0 Å². The topological polar surface area (TPSA) is 18.5 Å². The number of rotatable bonds is 2. The maximum absolute atomic E-state index is 13.3. The summed E-state index contributed by atoms with van der Waals surface area (Å²) in [6.07, 6.45) is 4.10. The summed E-state index contributed by atoms with van der Waals surface area (Å²) in [4.78, 5) is 0. The molecule has 2 aliphatic rings. The summed E-state index contributed by atoms with van der Waals surface area (Å²) >= 11 is 5.41. The van der Waals surface area contributed by atoms with E-state index in [0.717, 1.165) is 48.3 Å². The first-order valence-corrected chi connectivity index (χ1v) is 8.95. The molecule has 0 aromatic heterocycles. The molecule has 0 saturated carbocycles. The van der Waals surface area contributed by atoms with Crippen LogP contribution in [0.5, 0.6) is 5.75 Å². The van der Waals surface area contributed by atoms with Gasteiger partial charge in [0, 0.05) is 18.9 Å². The Morgan fingerprint density at radius 3 is 2.95 bits per heavy atom.